The molecular weight excluding hydrogens is 304 g/mol. The number of hydrogen-bond donors (Lipinski definition) is 1. The fourth-order valence-corrected chi connectivity index (χ4v) is 2.31. The lowest BCUT2D eigenvalue weighted by atomic mass is 10.1. The Bertz CT molecular complexity index is 920. The second-order valence-electron chi connectivity index (χ2n) is 5.31. The molecule has 0 aliphatic carbocycles. The highest BCUT2D eigenvalue weighted by atomic mass is 16.2. The molecule has 0 unspecified atom stereocenters. The van der Waals surface area contributed by atoms with Crippen molar-refractivity contribution in [3.8, 4) is 11.3 Å². The van der Waals surface area contributed by atoms with Crippen molar-refractivity contribution >= 4 is 5.91 Å². The van der Waals surface area contributed by atoms with Gasteiger partial charge in [0.15, 0.2) is 0 Å². The third kappa shape index (κ3) is 3.38. The molecular formula is C18H16N4O2. The Labute approximate surface area is 138 Å². The van der Waals surface area contributed by atoms with Crippen LogP contribution in [0.25, 0.3) is 11.3 Å². The lowest BCUT2D eigenvalue weighted by molar-refractivity contribution is 0.0949. The van der Waals surface area contributed by atoms with Gasteiger partial charge in [-0.1, -0.05) is 0 Å². The van der Waals surface area contributed by atoms with Crippen LogP contribution >= 0.6 is 0 Å². The van der Waals surface area contributed by atoms with Crippen molar-refractivity contribution in [1.29, 1.82) is 0 Å². The maximum Gasteiger partial charge on any atom is 0.263 e. The summed E-state index contributed by atoms with van der Waals surface area (Å²) >= 11 is 0. The number of aromatic nitrogens is 3. The first-order chi connectivity index (χ1) is 11.6. The summed E-state index contributed by atoms with van der Waals surface area (Å²) in [5.41, 5.74) is 2.47. The first-order valence-electron chi connectivity index (χ1n) is 7.44. The van der Waals surface area contributed by atoms with Gasteiger partial charge >= 0.3 is 0 Å². The molecule has 1 N–H and O–H groups in total. The first-order valence-corrected chi connectivity index (χ1v) is 7.44. The van der Waals surface area contributed by atoms with Crippen LogP contribution in [0.5, 0.6) is 0 Å². The number of rotatable bonds is 4. The van der Waals surface area contributed by atoms with Gasteiger partial charge in [-0.05, 0) is 42.0 Å². The summed E-state index contributed by atoms with van der Waals surface area (Å²) in [5.74, 6) is -0.390. The van der Waals surface area contributed by atoms with Crippen molar-refractivity contribution in [3.05, 3.63) is 82.7 Å². The summed E-state index contributed by atoms with van der Waals surface area (Å²) in [4.78, 5) is 32.5. The molecule has 3 rings (SSSR count). The molecule has 3 heterocycles. The fourth-order valence-electron chi connectivity index (χ4n) is 2.31. The molecule has 0 saturated carbocycles. The minimum Gasteiger partial charge on any atom is -0.348 e. The van der Waals surface area contributed by atoms with Crippen LogP contribution in [0.15, 0.2) is 66.0 Å². The number of amides is 1. The van der Waals surface area contributed by atoms with Crippen LogP contribution < -0.4 is 10.9 Å². The van der Waals surface area contributed by atoms with E-state index < -0.39 is 5.91 Å². The average molecular weight is 320 g/mol. The van der Waals surface area contributed by atoms with Crippen LogP contribution in [-0.4, -0.2) is 20.4 Å². The minimum atomic E-state index is -0.390. The molecule has 0 radical (unpaired) electrons. The van der Waals surface area contributed by atoms with Crippen molar-refractivity contribution < 1.29 is 4.79 Å². The van der Waals surface area contributed by atoms with E-state index in [0.29, 0.717) is 6.54 Å². The molecule has 6 heteroatoms. The van der Waals surface area contributed by atoms with Crippen molar-refractivity contribution in [2.24, 2.45) is 7.05 Å². The molecule has 0 bridgehead atoms. The normalized spacial score (nSPS) is 10.4. The SMILES string of the molecule is Cn1cccc(C(=O)NCc2ccnc(-c3ccncc3)c2)c1=O. The molecule has 0 aliphatic rings. The van der Waals surface area contributed by atoms with Gasteiger partial charge in [-0.15, -0.1) is 0 Å². The van der Waals surface area contributed by atoms with E-state index in [1.807, 2.05) is 24.3 Å². The van der Waals surface area contributed by atoms with E-state index in [0.717, 1.165) is 16.8 Å². The Morgan fingerprint density at radius 1 is 1.17 bits per heavy atom. The van der Waals surface area contributed by atoms with Crippen molar-refractivity contribution in [3.63, 3.8) is 0 Å². The largest absolute Gasteiger partial charge is 0.348 e. The Hall–Kier alpha value is -3.28. The predicted molar refractivity (Wildman–Crippen MR) is 90.3 cm³/mol. The molecule has 0 aliphatic heterocycles. The number of carbonyl (C=O) groups is 1. The molecule has 3 aromatic rings. The maximum atomic E-state index is 12.2. The average Bonchev–Trinajstić information content (AvgIpc) is 2.63. The monoisotopic (exact) mass is 320 g/mol. The molecule has 0 aromatic carbocycles. The Kier molecular flexibility index (Phi) is 4.47. The summed E-state index contributed by atoms with van der Waals surface area (Å²) in [6.07, 6.45) is 6.72. The highest BCUT2D eigenvalue weighted by Gasteiger charge is 2.10. The molecule has 0 atom stereocenters. The Morgan fingerprint density at radius 3 is 2.75 bits per heavy atom. The third-order valence-electron chi connectivity index (χ3n) is 3.62. The zero-order valence-electron chi connectivity index (χ0n) is 13.1. The van der Waals surface area contributed by atoms with Crippen LogP contribution in [0.2, 0.25) is 0 Å². The molecule has 6 nitrogen and oxygen atoms in total. The zero-order valence-corrected chi connectivity index (χ0v) is 13.1. The number of nitrogens with one attached hydrogen (secondary N) is 1. The third-order valence-corrected chi connectivity index (χ3v) is 3.62. The second-order valence-corrected chi connectivity index (χ2v) is 5.31. The van der Waals surface area contributed by atoms with Gasteiger partial charge in [-0.25, -0.2) is 0 Å². The van der Waals surface area contributed by atoms with Gasteiger partial charge in [0.05, 0.1) is 5.69 Å². The summed E-state index contributed by atoms with van der Waals surface area (Å²) in [7, 11) is 1.61. The van der Waals surface area contributed by atoms with Gasteiger partial charge in [0.1, 0.15) is 5.56 Å². The number of carbonyl (C=O) groups excluding carboxylic acids is 1. The summed E-state index contributed by atoms with van der Waals surface area (Å²) in [5, 5.41) is 2.77. The molecule has 0 saturated heterocycles. The molecule has 1 amide bonds. The van der Waals surface area contributed by atoms with Gasteiger partial charge in [-0.2, -0.15) is 0 Å². The Balaban J connectivity index is 1.74. The summed E-state index contributed by atoms with van der Waals surface area (Å²) in [6, 6.07) is 10.7. The summed E-state index contributed by atoms with van der Waals surface area (Å²) in [6.45, 7) is 0.317. The number of pyridine rings is 3. The Morgan fingerprint density at radius 2 is 1.96 bits per heavy atom. The van der Waals surface area contributed by atoms with Gasteiger partial charge in [0.2, 0.25) is 0 Å². The van der Waals surface area contributed by atoms with Crippen LogP contribution in [0, 0.1) is 0 Å². The highest BCUT2D eigenvalue weighted by Crippen LogP contribution is 2.16. The van der Waals surface area contributed by atoms with Gasteiger partial charge < -0.3 is 9.88 Å². The van der Waals surface area contributed by atoms with Gasteiger partial charge in [0.25, 0.3) is 11.5 Å². The number of aryl methyl sites for hydroxylation is 1. The smallest absolute Gasteiger partial charge is 0.263 e. The van der Waals surface area contributed by atoms with E-state index >= 15 is 0 Å². The standard InChI is InChI=1S/C18H16N4O2/c1-22-10-2-3-15(18(22)24)17(23)21-12-13-4-9-20-16(11-13)14-5-7-19-8-6-14/h2-11H,12H2,1H3,(H,21,23). The molecule has 0 fully saturated rings. The molecule has 0 spiro atoms. The topological polar surface area (TPSA) is 76.9 Å². The predicted octanol–water partition coefficient (Wildman–Crippen LogP) is 1.77. The van der Waals surface area contributed by atoms with Crippen LogP contribution in [0.1, 0.15) is 15.9 Å². The van der Waals surface area contributed by atoms with E-state index in [4.69, 9.17) is 0 Å². The van der Waals surface area contributed by atoms with E-state index in [1.165, 1.54) is 10.6 Å². The van der Waals surface area contributed by atoms with Crippen LogP contribution in [0.3, 0.4) is 0 Å². The number of nitrogens with zero attached hydrogens (tertiary/aromatic N) is 3. The molecule has 3 aromatic heterocycles. The van der Waals surface area contributed by atoms with Crippen molar-refractivity contribution in [2.45, 2.75) is 6.54 Å². The van der Waals surface area contributed by atoms with Crippen molar-refractivity contribution in [2.75, 3.05) is 0 Å². The zero-order chi connectivity index (χ0) is 16.9. The molecule has 120 valence electrons. The highest BCUT2D eigenvalue weighted by molar-refractivity contribution is 5.93. The fraction of sp³-hybridized carbons (Fsp3) is 0.111. The van der Waals surface area contributed by atoms with Crippen LogP contribution in [-0.2, 0) is 13.6 Å². The van der Waals surface area contributed by atoms with Gasteiger partial charge in [0, 0.05) is 43.9 Å². The number of hydrogen-bond acceptors (Lipinski definition) is 4. The quantitative estimate of drug-likeness (QED) is 0.795. The van der Waals surface area contributed by atoms with Gasteiger partial charge in [-0.3, -0.25) is 19.6 Å². The summed E-state index contributed by atoms with van der Waals surface area (Å²) < 4.78 is 1.38. The van der Waals surface area contributed by atoms with E-state index in [9.17, 15) is 9.59 Å². The van der Waals surface area contributed by atoms with E-state index in [-0.39, 0.29) is 11.1 Å². The lowest BCUT2D eigenvalue weighted by Gasteiger charge is -2.07. The first kappa shape index (κ1) is 15.6. The maximum absolute atomic E-state index is 12.2. The molecule has 24 heavy (non-hydrogen) atoms. The van der Waals surface area contributed by atoms with E-state index in [2.05, 4.69) is 15.3 Å². The van der Waals surface area contributed by atoms with E-state index in [1.54, 1.807) is 37.9 Å². The second kappa shape index (κ2) is 6.87. The van der Waals surface area contributed by atoms with Crippen molar-refractivity contribution in [1.82, 2.24) is 19.9 Å². The minimum absolute atomic E-state index is 0.128. The lowest BCUT2D eigenvalue weighted by Crippen LogP contribution is -2.31. The van der Waals surface area contributed by atoms with Crippen LogP contribution in [0.4, 0.5) is 0 Å².